The van der Waals surface area contributed by atoms with Gasteiger partial charge in [0.25, 0.3) is 0 Å². The van der Waals surface area contributed by atoms with Crippen molar-refractivity contribution in [3.8, 4) is 11.5 Å². The van der Waals surface area contributed by atoms with Gasteiger partial charge in [0, 0.05) is 9.92 Å². The summed E-state index contributed by atoms with van der Waals surface area (Å²) in [6, 6.07) is 13.2. The number of rotatable bonds is 4. The summed E-state index contributed by atoms with van der Waals surface area (Å²) >= 11 is 10.9. The molecule has 1 N–H and O–H groups in total. The number of ether oxygens (including phenoxy) is 1. The van der Waals surface area contributed by atoms with Crippen LogP contribution in [0.5, 0.6) is 11.5 Å². The van der Waals surface area contributed by atoms with Gasteiger partial charge >= 0.3 is 0 Å². The zero-order valence-electron chi connectivity index (χ0n) is 9.61. The second kappa shape index (κ2) is 6.48. The second-order valence-corrected chi connectivity index (χ2v) is 5.83. The van der Waals surface area contributed by atoms with Crippen LogP contribution in [-0.4, -0.2) is 7.05 Å². The summed E-state index contributed by atoms with van der Waals surface area (Å²) in [6.07, 6.45) is 0. The standard InChI is InChI=1S/C13H11BrClNOS/c1-16-18-11-6-7-13(12(14)8-11)17-10-4-2-9(15)3-5-10/h2-8,16H,1H3. The van der Waals surface area contributed by atoms with E-state index >= 15 is 0 Å². The van der Waals surface area contributed by atoms with Crippen molar-refractivity contribution >= 4 is 39.5 Å². The fraction of sp³-hybridized carbons (Fsp3) is 0.0769. The number of halogens is 2. The molecule has 5 heteroatoms. The van der Waals surface area contributed by atoms with Crippen LogP contribution < -0.4 is 9.46 Å². The summed E-state index contributed by atoms with van der Waals surface area (Å²) in [5.74, 6) is 1.53. The minimum Gasteiger partial charge on any atom is -0.456 e. The molecular formula is C13H11BrClNOS. The normalized spacial score (nSPS) is 10.4. The molecule has 94 valence electrons. The molecule has 0 saturated carbocycles. The molecular weight excluding hydrogens is 334 g/mol. The topological polar surface area (TPSA) is 21.3 Å². The van der Waals surface area contributed by atoms with Gasteiger partial charge in [0.05, 0.1) is 4.47 Å². The lowest BCUT2D eigenvalue weighted by atomic mass is 10.3. The van der Waals surface area contributed by atoms with E-state index in [1.165, 1.54) is 0 Å². The minimum atomic E-state index is 0.696. The Labute approximate surface area is 124 Å². The number of hydrogen-bond donors (Lipinski definition) is 1. The van der Waals surface area contributed by atoms with E-state index < -0.39 is 0 Å². The Morgan fingerprint density at radius 2 is 1.89 bits per heavy atom. The smallest absolute Gasteiger partial charge is 0.141 e. The van der Waals surface area contributed by atoms with Crippen LogP contribution in [-0.2, 0) is 0 Å². The van der Waals surface area contributed by atoms with Crippen molar-refractivity contribution in [2.45, 2.75) is 4.90 Å². The maximum absolute atomic E-state index is 5.83. The molecule has 0 aliphatic rings. The van der Waals surface area contributed by atoms with Gasteiger partial charge in [0.1, 0.15) is 11.5 Å². The molecule has 2 rings (SSSR count). The Morgan fingerprint density at radius 1 is 1.17 bits per heavy atom. The first-order chi connectivity index (χ1) is 8.69. The van der Waals surface area contributed by atoms with Crippen molar-refractivity contribution in [1.29, 1.82) is 0 Å². The van der Waals surface area contributed by atoms with Crippen molar-refractivity contribution in [3.05, 3.63) is 52.0 Å². The summed E-state index contributed by atoms with van der Waals surface area (Å²) in [6.45, 7) is 0. The highest BCUT2D eigenvalue weighted by Crippen LogP contribution is 2.32. The molecule has 0 amide bonds. The van der Waals surface area contributed by atoms with Gasteiger partial charge in [-0.05, 0) is 77.4 Å². The summed E-state index contributed by atoms with van der Waals surface area (Å²) in [7, 11) is 1.89. The van der Waals surface area contributed by atoms with Crippen molar-refractivity contribution in [1.82, 2.24) is 4.72 Å². The highest BCUT2D eigenvalue weighted by atomic mass is 79.9. The molecule has 0 saturated heterocycles. The number of benzene rings is 2. The maximum Gasteiger partial charge on any atom is 0.141 e. The highest BCUT2D eigenvalue weighted by Gasteiger charge is 2.04. The summed E-state index contributed by atoms with van der Waals surface area (Å²) < 4.78 is 9.70. The third-order valence-corrected chi connectivity index (χ3v) is 3.73. The first-order valence-electron chi connectivity index (χ1n) is 5.25. The van der Waals surface area contributed by atoms with Crippen LogP contribution in [0.2, 0.25) is 5.02 Å². The number of nitrogens with one attached hydrogen (secondary N) is 1. The zero-order chi connectivity index (χ0) is 13.0. The van der Waals surface area contributed by atoms with E-state index in [1.807, 2.05) is 37.4 Å². The summed E-state index contributed by atoms with van der Waals surface area (Å²) in [4.78, 5) is 1.12. The zero-order valence-corrected chi connectivity index (χ0v) is 12.8. The summed E-state index contributed by atoms with van der Waals surface area (Å²) in [5, 5.41) is 0.696. The first-order valence-corrected chi connectivity index (χ1v) is 7.24. The van der Waals surface area contributed by atoms with E-state index in [2.05, 4.69) is 20.7 Å². The quantitative estimate of drug-likeness (QED) is 0.778. The van der Waals surface area contributed by atoms with Gasteiger partial charge in [0.15, 0.2) is 0 Å². The molecule has 0 fully saturated rings. The van der Waals surface area contributed by atoms with Crippen LogP contribution in [0.15, 0.2) is 51.8 Å². The van der Waals surface area contributed by atoms with Gasteiger partial charge < -0.3 is 4.74 Å². The molecule has 0 aromatic heterocycles. The average Bonchev–Trinajstić information content (AvgIpc) is 2.36. The molecule has 0 heterocycles. The van der Waals surface area contributed by atoms with Crippen LogP contribution in [0.1, 0.15) is 0 Å². The molecule has 0 bridgehead atoms. The molecule has 0 radical (unpaired) electrons. The average molecular weight is 345 g/mol. The highest BCUT2D eigenvalue weighted by molar-refractivity contribution is 9.10. The molecule has 2 aromatic carbocycles. The molecule has 0 spiro atoms. The third-order valence-electron chi connectivity index (χ3n) is 2.16. The van der Waals surface area contributed by atoms with Crippen LogP contribution in [0, 0.1) is 0 Å². The summed E-state index contributed by atoms with van der Waals surface area (Å²) in [5.41, 5.74) is 0. The van der Waals surface area contributed by atoms with Crippen molar-refractivity contribution in [3.63, 3.8) is 0 Å². The van der Waals surface area contributed by atoms with Crippen molar-refractivity contribution in [2.24, 2.45) is 0 Å². The monoisotopic (exact) mass is 343 g/mol. The minimum absolute atomic E-state index is 0.696. The molecule has 2 aromatic rings. The van der Waals surface area contributed by atoms with Crippen molar-refractivity contribution in [2.75, 3.05) is 7.05 Å². The van der Waals surface area contributed by atoms with Gasteiger partial charge in [-0.2, -0.15) is 0 Å². The van der Waals surface area contributed by atoms with E-state index in [0.717, 1.165) is 20.9 Å². The van der Waals surface area contributed by atoms with E-state index in [-0.39, 0.29) is 0 Å². The lowest BCUT2D eigenvalue weighted by molar-refractivity contribution is 0.479. The van der Waals surface area contributed by atoms with E-state index in [0.29, 0.717) is 5.02 Å². The predicted octanol–water partition coefficient (Wildman–Crippen LogP) is 5.12. The van der Waals surface area contributed by atoms with Crippen LogP contribution in [0.25, 0.3) is 0 Å². The van der Waals surface area contributed by atoms with E-state index in [9.17, 15) is 0 Å². The molecule has 0 aliphatic heterocycles. The first kappa shape index (κ1) is 13.7. The fourth-order valence-electron chi connectivity index (χ4n) is 1.38. The van der Waals surface area contributed by atoms with E-state index in [4.69, 9.17) is 16.3 Å². The Bertz CT molecular complexity index is 533. The van der Waals surface area contributed by atoms with Crippen LogP contribution >= 0.6 is 39.5 Å². The largest absolute Gasteiger partial charge is 0.456 e. The second-order valence-electron chi connectivity index (χ2n) is 3.45. The SMILES string of the molecule is CNSc1ccc(Oc2ccc(Cl)cc2)c(Br)c1. The third kappa shape index (κ3) is 3.65. The molecule has 0 unspecified atom stereocenters. The predicted molar refractivity (Wildman–Crippen MR) is 80.6 cm³/mol. The van der Waals surface area contributed by atoms with Gasteiger partial charge in [-0.3, -0.25) is 4.72 Å². The number of hydrogen-bond acceptors (Lipinski definition) is 3. The molecule has 0 atom stereocenters. The molecule has 2 nitrogen and oxygen atoms in total. The van der Waals surface area contributed by atoms with Gasteiger partial charge in [-0.1, -0.05) is 11.6 Å². The Kier molecular flexibility index (Phi) is 4.95. The van der Waals surface area contributed by atoms with Gasteiger partial charge in [-0.25, -0.2) is 0 Å². The lowest BCUT2D eigenvalue weighted by Crippen LogP contribution is -1.91. The Morgan fingerprint density at radius 3 is 2.50 bits per heavy atom. The lowest BCUT2D eigenvalue weighted by Gasteiger charge is -2.09. The molecule has 18 heavy (non-hydrogen) atoms. The fourth-order valence-corrected chi connectivity index (χ4v) is 2.66. The van der Waals surface area contributed by atoms with Crippen LogP contribution in [0.4, 0.5) is 0 Å². The van der Waals surface area contributed by atoms with Gasteiger partial charge in [0.2, 0.25) is 0 Å². The Balaban J connectivity index is 2.16. The van der Waals surface area contributed by atoms with Gasteiger partial charge in [-0.15, -0.1) is 0 Å². The van der Waals surface area contributed by atoms with Crippen molar-refractivity contribution < 1.29 is 4.74 Å². The van der Waals surface area contributed by atoms with E-state index in [1.54, 1.807) is 24.1 Å². The van der Waals surface area contributed by atoms with Crippen LogP contribution in [0.3, 0.4) is 0 Å². The maximum atomic E-state index is 5.83. The Hall–Kier alpha value is -0.680. The molecule has 0 aliphatic carbocycles.